The molecule has 0 aliphatic heterocycles. The van der Waals surface area contributed by atoms with E-state index < -0.39 is 11.7 Å². The molecule has 18 heavy (non-hydrogen) atoms. The number of benzene rings is 1. The van der Waals surface area contributed by atoms with Crippen molar-refractivity contribution in [3.05, 3.63) is 29.8 Å². The Hall–Kier alpha value is -1.52. The number of nitrogens with two attached hydrogens (primary N) is 1. The van der Waals surface area contributed by atoms with Gasteiger partial charge in [-0.05, 0) is 37.1 Å². The Kier molecular flexibility index (Phi) is 3.59. The van der Waals surface area contributed by atoms with Crippen LogP contribution in [0.15, 0.2) is 29.3 Å². The third kappa shape index (κ3) is 3.03. The van der Waals surface area contributed by atoms with E-state index in [9.17, 15) is 13.2 Å². The van der Waals surface area contributed by atoms with Gasteiger partial charge in [0.1, 0.15) is 5.84 Å². The molecule has 0 saturated heterocycles. The fourth-order valence-corrected chi connectivity index (χ4v) is 2.19. The minimum Gasteiger partial charge on any atom is -0.387 e. The number of hydrogen-bond donors (Lipinski definition) is 1. The third-order valence-corrected chi connectivity index (χ3v) is 3.23. The molecule has 98 valence electrons. The number of amidine groups is 1. The highest BCUT2D eigenvalue weighted by molar-refractivity contribution is 5.85. The molecular formula is C13H15F3N2. The second-order valence-electron chi connectivity index (χ2n) is 4.56. The van der Waals surface area contributed by atoms with Gasteiger partial charge in [-0.2, -0.15) is 13.2 Å². The van der Waals surface area contributed by atoms with Crippen LogP contribution in [0.4, 0.5) is 18.9 Å². The largest absolute Gasteiger partial charge is 0.416 e. The quantitative estimate of drug-likeness (QED) is 0.632. The van der Waals surface area contributed by atoms with Crippen molar-refractivity contribution in [2.24, 2.45) is 16.6 Å². The maximum atomic E-state index is 12.4. The van der Waals surface area contributed by atoms with Crippen molar-refractivity contribution in [3.8, 4) is 0 Å². The van der Waals surface area contributed by atoms with Gasteiger partial charge >= 0.3 is 6.18 Å². The highest BCUT2D eigenvalue weighted by atomic mass is 19.4. The van der Waals surface area contributed by atoms with Crippen LogP contribution in [0.25, 0.3) is 0 Å². The standard InChI is InChI=1S/C13H15F3N2/c14-13(15,16)10-5-7-11(8-6-10)18-12(17)9-3-1-2-4-9/h5-9H,1-4H2,(H2,17,18). The summed E-state index contributed by atoms with van der Waals surface area (Å²) in [6.45, 7) is 0. The topological polar surface area (TPSA) is 38.4 Å². The van der Waals surface area contributed by atoms with Crippen molar-refractivity contribution in [2.75, 3.05) is 0 Å². The Bertz CT molecular complexity index is 429. The number of hydrogen-bond acceptors (Lipinski definition) is 1. The van der Waals surface area contributed by atoms with Gasteiger partial charge in [-0.15, -0.1) is 0 Å². The summed E-state index contributed by atoms with van der Waals surface area (Å²) in [5.41, 5.74) is 5.68. The molecule has 0 aromatic heterocycles. The molecule has 0 atom stereocenters. The SMILES string of the molecule is NC(=Nc1ccc(C(F)(F)F)cc1)C1CCCC1. The molecule has 0 heterocycles. The van der Waals surface area contributed by atoms with Gasteiger partial charge in [0.15, 0.2) is 0 Å². The minimum atomic E-state index is -4.31. The third-order valence-electron chi connectivity index (χ3n) is 3.23. The molecule has 2 rings (SSSR count). The molecule has 1 aliphatic carbocycles. The average molecular weight is 256 g/mol. The van der Waals surface area contributed by atoms with Gasteiger partial charge in [0.25, 0.3) is 0 Å². The van der Waals surface area contributed by atoms with E-state index in [4.69, 9.17) is 5.73 Å². The molecule has 1 aromatic carbocycles. The van der Waals surface area contributed by atoms with E-state index in [-0.39, 0.29) is 5.92 Å². The van der Waals surface area contributed by atoms with Crippen LogP contribution in [0.1, 0.15) is 31.2 Å². The van der Waals surface area contributed by atoms with Crippen LogP contribution >= 0.6 is 0 Å². The first-order valence-electron chi connectivity index (χ1n) is 5.98. The van der Waals surface area contributed by atoms with Crippen molar-refractivity contribution in [1.29, 1.82) is 0 Å². The summed E-state index contributed by atoms with van der Waals surface area (Å²) >= 11 is 0. The lowest BCUT2D eigenvalue weighted by Gasteiger charge is -2.09. The monoisotopic (exact) mass is 256 g/mol. The highest BCUT2D eigenvalue weighted by Crippen LogP contribution is 2.31. The number of nitrogens with zero attached hydrogens (tertiary/aromatic N) is 1. The summed E-state index contributed by atoms with van der Waals surface area (Å²) in [4.78, 5) is 4.19. The first-order chi connectivity index (χ1) is 8.47. The van der Waals surface area contributed by atoms with Crippen LogP contribution in [0.3, 0.4) is 0 Å². The normalized spacial score (nSPS) is 18.3. The van der Waals surface area contributed by atoms with Gasteiger partial charge in [-0.1, -0.05) is 12.8 Å². The van der Waals surface area contributed by atoms with Gasteiger partial charge < -0.3 is 5.73 Å². The van der Waals surface area contributed by atoms with Crippen molar-refractivity contribution < 1.29 is 13.2 Å². The summed E-state index contributed by atoms with van der Waals surface area (Å²) in [7, 11) is 0. The van der Waals surface area contributed by atoms with E-state index in [1.165, 1.54) is 12.1 Å². The Labute approximate surface area is 104 Å². The van der Waals surface area contributed by atoms with E-state index in [1.54, 1.807) is 0 Å². The first kappa shape index (κ1) is 12.9. The van der Waals surface area contributed by atoms with Crippen LogP contribution < -0.4 is 5.73 Å². The van der Waals surface area contributed by atoms with E-state index in [1.807, 2.05) is 0 Å². The average Bonchev–Trinajstić information content (AvgIpc) is 2.82. The van der Waals surface area contributed by atoms with E-state index in [2.05, 4.69) is 4.99 Å². The van der Waals surface area contributed by atoms with Crippen LogP contribution in [0, 0.1) is 5.92 Å². The van der Waals surface area contributed by atoms with Crippen molar-refractivity contribution in [2.45, 2.75) is 31.9 Å². The lowest BCUT2D eigenvalue weighted by Crippen LogP contribution is -2.20. The van der Waals surface area contributed by atoms with E-state index in [0.29, 0.717) is 11.5 Å². The molecular weight excluding hydrogens is 241 g/mol. The Morgan fingerprint density at radius 3 is 2.17 bits per heavy atom. The number of halogens is 3. The molecule has 1 saturated carbocycles. The molecule has 1 aliphatic rings. The van der Waals surface area contributed by atoms with Gasteiger partial charge in [0.2, 0.25) is 0 Å². The van der Waals surface area contributed by atoms with Gasteiger partial charge in [-0.25, -0.2) is 4.99 Å². The lowest BCUT2D eigenvalue weighted by molar-refractivity contribution is -0.137. The fraction of sp³-hybridized carbons (Fsp3) is 0.462. The molecule has 0 amide bonds. The second kappa shape index (κ2) is 5.00. The van der Waals surface area contributed by atoms with Crippen LogP contribution in [0.5, 0.6) is 0 Å². The molecule has 0 spiro atoms. The Morgan fingerprint density at radius 2 is 1.67 bits per heavy atom. The molecule has 1 aromatic rings. The zero-order chi connectivity index (χ0) is 13.2. The fourth-order valence-electron chi connectivity index (χ4n) is 2.19. The summed E-state index contributed by atoms with van der Waals surface area (Å²) in [6.07, 6.45) is 0.0347. The molecule has 0 bridgehead atoms. The van der Waals surface area contributed by atoms with Gasteiger partial charge in [0.05, 0.1) is 11.3 Å². The predicted molar refractivity (Wildman–Crippen MR) is 64.7 cm³/mol. The minimum absolute atomic E-state index is 0.285. The predicted octanol–water partition coefficient (Wildman–Crippen LogP) is 3.88. The van der Waals surface area contributed by atoms with Gasteiger partial charge in [-0.3, -0.25) is 0 Å². The maximum Gasteiger partial charge on any atom is 0.416 e. The summed E-state index contributed by atoms with van der Waals surface area (Å²) < 4.78 is 37.1. The van der Waals surface area contributed by atoms with Crippen LogP contribution in [-0.4, -0.2) is 5.84 Å². The van der Waals surface area contributed by atoms with Crippen molar-refractivity contribution >= 4 is 11.5 Å². The maximum absolute atomic E-state index is 12.4. The highest BCUT2D eigenvalue weighted by Gasteiger charge is 2.30. The Balaban J connectivity index is 2.12. The number of alkyl halides is 3. The number of aliphatic imine (C=N–C) groups is 1. The van der Waals surface area contributed by atoms with E-state index in [0.717, 1.165) is 37.8 Å². The molecule has 0 unspecified atom stereocenters. The molecule has 0 radical (unpaired) electrons. The zero-order valence-corrected chi connectivity index (χ0v) is 9.87. The molecule has 1 fully saturated rings. The summed E-state index contributed by atoms with van der Waals surface area (Å²) in [5, 5.41) is 0. The summed E-state index contributed by atoms with van der Waals surface area (Å²) in [5.74, 6) is 0.819. The number of rotatable bonds is 2. The second-order valence-corrected chi connectivity index (χ2v) is 4.56. The zero-order valence-electron chi connectivity index (χ0n) is 9.87. The smallest absolute Gasteiger partial charge is 0.387 e. The van der Waals surface area contributed by atoms with E-state index >= 15 is 0 Å². The molecule has 2 nitrogen and oxygen atoms in total. The van der Waals surface area contributed by atoms with Crippen LogP contribution in [-0.2, 0) is 6.18 Å². The van der Waals surface area contributed by atoms with Crippen LogP contribution in [0.2, 0.25) is 0 Å². The summed E-state index contributed by atoms with van der Waals surface area (Å²) in [6, 6.07) is 4.76. The van der Waals surface area contributed by atoms with Crippen molar-refractivity contribution in [1.82, 2.24) is 0 Å². The molecule has 5 heteroatoms. The lowest BCUT2D eigenvalue weighted by atomic mass is 10.1. The molecule has 2 N–H and O–H groups in total. The van der Waals surface area contributed by atoms with Crippen molar-refractivity contribution in [3.63, 3.8) is 0 Å². The Morgan fingerprint density at radius 1 is 1.11 bits per heavy atom. The van der Waals surface area contributed by atoms with Gasteiger partial charge in [0, 0.05) is 5.92 Å². The first-order valence-corrected chi connectivity index (χ1v) is 5.98.